The van der Waals surface area contributed by atoms with Crippen molar-refractivity contribution in [3.05, 3.63) is 29.8 Å². The maximum absolute atomic E-state index is 11.9. The number of benzene rings is 1. The zero-order chi connectivity index (χ0) is 15.2. The van der Waals surface area contributed by atoms with E-state index in [-0.39, 0.29) is 36.7 Å². The summed E-state index contributed by atoms with van der Waals surface area (Å²) in [5.41, 5.74) is 0.581. The van der Waals surface area contributed by atoms with Gasteiger partial charge in [0.15, 0.2) is 12.4 Å². The molecule has 0 spiro atoms. The molecule has 1 aliphatic rings. The summed E-state index contributed by atoms with van der Waals surface area (Å²) in [7, 11) is 0. The van der Waals surface area contributed by atoms with Crippen LogP contribution in [0.2, 0.25) is 0 Å². The van der Waals surface area contributed by atoms with Crippen LogP contribution in [-0.4, -0.2) is 37.4 Å². The topological polar surface area (TPSA) is 67.4 Å². The van der Waals surface area contributed by atoms with Gasteiger partial charge in [-0.15, -0.1) is 12.4 Å². The Kier molecular flexibility index (Phi) is 7.35. The van der Waals surface area contributed by atoms with E-state index < -0.39 is 0 Å². The number of Topliss-reactive ketones (excluding diaryl/α,β-unsaturated/α-hetero) is 1. The van der Waals surface area contributed by atoms with Gasteiger partial charge in [0, 0.05) is 18.2 Å². The number of amides is 1. The molecule has 122 valence electrons. The van der Waals surface area contributed by atoms with Gasteiger partial charge in [-0.25, -0.2) is 0 Å². The number of halogens is 1. The van der Waals surface area contributed by atoms with E-state index in [1.165, 1.54) is 6.92 Å². The van der Waals surface area contributed by atoms with Crippen molar-refractivity contribution in [2.45, 2.75) is 26.3 Å². The van der Waals surface area contributed by atoms with Crippen molar-refractivity contribution < 1.29 is 14.3 Å². The zero-order valence-corrected chi connectivity index (χ0v) is 13.7. The summed E-state index contributed by atoms with van der Waals surface area (Å²) >= 11 is 0. The Bertz CT molecular complexity index is 522. The van der Waals surface area contributed by atoms with E-state index >= 15 is 0 Å². The standard InChI is InChI=1S/C16H22N2O3.ClH/c1-11-6-7-17-9-15(11)18-16(20)10-21-14-5-3-4-13(8-14)12(2)19;/h3-5,8,11,15,17H,6-7,9-10H2,1-2H3,(H,18,20);1H. The van der Waals surface area contributed by atoms with Gasteiger partial charge < -0.3 is 15.4 Å². The van der Waals surface area contributed by atoms with Gasteiger partial charge in [-0.1, -0.05) is 19.1 Å². The van der Waals surface area contributed by atoms with E-state index in [9.17, 15) is 9.59 Å². The fraction of sp³-hybridized carbons (Fsp3) is 0.500. The highest BCUT2D eigenvalue weighted by molar-refractivity contribution is 5.94. The van der Waals surface area contributed by atoms with Crippen LogP contribution in [0.3, 0.4) is 0 Å². The lowest BCUT2D eigenvalue weighted by atomic mass is 9.95. The monoisotopic (exact) mass is 326 g/mol. The van der Waals surface area contributed by atoms with Gasteiger partial charge in [0.25, 0.3) is 5.91 Å². The number of carbonyl (C=O) groups is 2. The van der Waals surface area contributed by atoms with Crippen molar-refractivity contribution in [1.82, 2.24) is 10.6 Å². The third-order valence-electron chi connectivity index (χ3n) is 3.78. The molecule has 2 atom stereocenters. The van der Waals surface area contributed by atoms with E-state index in [2.05, 4.69) is 17.6 Å². The van der Waals surface area contributed by atoms with Crippen LogP contribution < -0.4 is 15.4 Å². The number of hydrogen-bond acceptors (Lipinski definition) is 4. The molecule has 5 nitrogen and oxygen atoms in total. The normalized spacial score (nSPS) is 20.6. The smallest absolute Gasteiger partial charge is 0.258 e. The maximum Gasteiger partial charge on any atom is 0.258 e. The fourth-order valence-electron chi connectivity index (χ4n) is 2.39. The highest BCUT2D eigenvalue weighted by atomic mass is 35.5. The van der Waals surface area contributed by atoms with Gasteiger partial charge in [0.2, 0.25) is 0 Å². The van der Waals surface area contributed by atoms with Crippen LogP contribution in [-0.2, 0) is 4.79 Å². The molecule has 2 unspecified atom stereocenters. The number of carbonyl (C=O) groups excluding carboxylic acids is 2. The predicted octanol–water partition coefficient (Wildman–Crippen LogP) is 1.80. The van der Waals surface area contributed by atoms with Crippen LogP contribution >= 0.6 is 12.4 Å². The molecule has 1 heterocycles. The largest absolute Gasteiger partial charge is 0.484 e. The van der Waals surface area contributed by atoms with Gasteiger partial charge in [0.05, 0.1) is 0 Å². The molecule has 1 saturated heterocycles. The lowest BCUT2D eigenvalue weighted by Crippen LogP contribution is -2.51. The summed E-state index contributed by atoms with van der Waals surface area (Å²) < 4.78 is 5.45. The van der Waals surface area contributed by atoms with E-state index in [0.717, 1.165) is 19.5 Å². The number of nitrogens with one attached hydrogen (secondary N) is 2. The van der Waals surface area contributed by atoms with Crippen LogP contribution in [0.25, 0.3) is 0 Å². The molecule has 0 radical (unpaired) electrons. The first-order valence-corrected chi connectivity index (χ1v) is 7.30. The Morgan fingerprint density at radius 3 is 2.86 bits per heavy atom. The van der Waals surface area contributed by atoms with Crippen molar-refractivity contribution in [1.29, 1.82) is 0 Å². The summed E-state index contributed by atoms with van der Waals surface area (Å²) in [4.78, 5) is 23.2. The molecule has 6 heteroatoms. The average Bonchev–Trinajstić information content (AvgIpc) is 2.48. The summed E-state index contributed by atoms with van der Waals surface area (Å²) in [5.74, 6) is 0.847. The third kappa shape index (κ3) is 5.31. The molecule has 22 heavy (non-hydrogen) atoms. The Morgan fingerprint density at radius 2 is 2.18 bits per heavy atom. The van der Waals surface area contributed by atoms with Gasteiger partial charge in [-0.05, 0) is 37.9 Å². The second-order valence-electron chi connectivity index (χ2n) is 5.52. The van der Waals surface area contributed by atoms with Crippen LogP contribution in [0.4, 0.5) is 0 Å². The van der Waals surface area contributed by atoms with Crippen molar-refractivity contribution in [3.8, 4) is 5.75 Å². The molecule has 1 fully saturated rings. The van der Waals surface area contributed by atoms with E-state index in [0.29, 0.717) is 17.2 Å². The molecule has 0 saturated carbocycles. The maximum atomic E-state index is 11.9. The van der Waals surface area contributed by atoms with Crippen LogP contribution in [0.1, 0.15) is 30.6 Å². The van der Waals surface area contributed by atoms with Crippen LogP contribution in [0, 0.1) is 5.92 Å². The second-order valence-corrected chi connectivity index (χ2v) is 5.52. The van der Waals surface area contributed by atoms with E-state index in [4.69, 9.17) is 4.74 Å². The van der Waals surface area contributed by atoms with Crippen molar-refractivity contribution in [2.75, 3.05) is 19.7 Å². The van der Waals surface area contributed by atoms with Crippen LogP contribution in [0.15, 0.2) is 24.3 Å². The Hall–Kier alpha value is -1.59. The molecule has 0 aromatic heterocycles. The molecule has 1 aliphatic heterocycles. The zero-order valence-electron chi connectivity index (χ0n) is 12.9. The van der Waals surface area contributed by atoms with Crippen LogP contribution in [0.5, 0.6) is 5.75 Å². The van der Waals surface area contributed by atoms with E-state index in [1.807, 2.05) is 0 Å². The predicted molar refractivity (Wildman–Crippen MR) is 87.8 cm³/mol. The Morgan fingerprint density at radius 1 is 1.41 bits per heavy atom. The SMILES string of the molecule is CC(=O)c1cccc(OCC(=O)NC2CNCCC2C)c1.Cl. The first-order chi connectivity index (χ1) is 10.1. The van der Waals surface area contributed by atoms with Crippen molar-refractivity contribution in [2.24, 2.45) is 5.92 Å². The van der Waals surface area contributed by atoms with E-state index in [1.54, 1.807) is 24.3 Å². The van der Waals surface area contributed by atoms with Crippen molar-refractivity contribution in [3.63, 3.8) is 0 Å². The summed E-state index contributed by atoms with van der Waals surface area (Å²) in [6.45, 7) is 5.41. The number of rotatable bonds is 5. The molecule has 0 bridgehead atoms. The van der Waals surface area contributed by atoms with Crippen molar-refractivity contribution >= 4 is 24.1 Å². The summed E-state index contributed by atoms with van der Waals surface area (Å²) in [6.07, 6.45) is 1.06. The number of ether oxygens (including phenoxy) is 1. The molecular weight excluding hydrogens is 304 g/mol. The highest BCUT2D eigenvalue weighted by Gasteiger charge is 2.22. The molecule has 1 aromatic carbocycles. The number of ketones is 1. The van der Waals surface area contributed by atoms with Gasteiger partial charge in [-0.3, -0.25) is 9.59 Å². The van der Waals surface area contributed by atoms with Gasteiger partial charge in [0.1, 0.15) is 5.75 Å². The summed E-state index contributed by atoms with van der Waals surface area (Å²) in [6, 6.07) is 7.02. The lowest BCUT2D eigenvalue weighted by molar-refractivity contribution is -0.124. The quantitative estimate of drug-likeness (QED) is 0.810. The first kappa shape index (κ1) is 18.5. The summed E-state index contributed by atoms with van der Waals surface area (Å²) in [5, 5.41) is 6.25. The minimum absolute atomic E-state index is 0. The minimum Gasteiger partial charge on any atom is -0.484 e. The highest BCUT2D eigenvalue weighted by Crippen LogP contribution is 2.14. The number of piperidine rings is 1. The molecule has 0 aliphatic carbocycles. The Balaban J connectivity index is 0.00000242. The van der Waals surface area contributed by atoms with Gasteiger partial charge >= 0.3 is 0 Å². The molecule has 1 amide bonds. The Labute approximate surface area is 137 Å². The molecule has 2 N–H and O–H groups in total. The first-order valence-electron chi connectivity index (χ1n) is 7.30. The van der Waals surface area contributed by atoms with Gasteiger partial charge in [-0.2, -0.15) is 0 Å². The third-order valence-corrected chi connectivity index (χ3v) is 3.78. The molecular formula is C16H23ClN2O3. The number of hydrogen-bond donors (Lipinski definition) is 2. The lowest BCUT2D eigenvalue weighted by Gasteiger charge is -2.30. The molecule has 1 aromatic rings. The second kappa shape index (κ2) is 8.76. The molecule has 2 rings (SSSR count). The average molecular weight is 327 g/mol. The fourth-order valence-corrected chi connectivity index (χ4v) is 2.39. The minimum atomic E-state index is -0.135.